The van der Waals surface area contributed by atoms with Crippen LogP contribution < -0.4 is 5.32 Å². The van der Waals surface area contributed by atoms with E-state index in [1.165, 1.54) is 0 Å². The van der Waals surface area contributed by atoms with E-state index in [0.29, 0.717) is 5.95 Å². The zero-order chi connectivity index (χ0) is 16.6. The Bertz CT molecular complexity index is 720. The molecule has 0 atom stereocenters. The van der Waals surface area contributed by atoms with Gasteiger partial charge in [0.25, 0.3) is 0 Å². The van der Waals surface area contributed by atoms with Crippen LogP contribution in [0.15, 0.2) is 30.5 Å². The Morgan fingerprint density at radius 3 is 2.65 bits per heavy atom. The summed E-state index contributed by atoms with van der Waals surface area (Å²) in [6, 6.07) is 8.11. The van der Waals surface area contributed by atoms with Crippen molar-refractivity contribution in [3.05, 3.63) is 30.5 Å². The van der Waals surface area contributed by atoms with E-state index < -0.39 is 6.09 Å². The lowest BCUT2D eigenvalue weighted by Crippen LogP contribution is -2.58. The van der Waals surface area contributed by atoms with Crippen LogP contribution in [0.25, 0.3) is 10.9 Å². The predicted octanol–water partition coefficient (Wildman–Crippen LogP) is 3.35. The molecule has 1 fully saturated rings. The predicted molar refractivity (Wildman–Crippen MR) is 89.6 cm³/mol. The van der Waals surface area contributed by atoms with Gasteiger partial charge in [0.2, 0.25) is 5.95 Å². The summed E-state index contributed by atoms with van der Waals surface area (Å²) >= 11 is 0. The second-order valence-electron chi connectivity index (χ2n) is 7.04. The minimum atomic E-state index is -0.858. The molecule has 0 unspecified atom stereocenters. The number of aromatic nitrogens is 2. The molecule has 122 valence electrons. The SMILES string of the molecule is CC(C)(C)N(C(=O)O)C1CC(Nc2ncc3ccccc3n2)C1. The van der Waals surface area contributed by atoms with Gasteiger partial charge in [0.1, 0.15) is 0 Å². The molecule has 1 aliphatic rings. The van der Waals surface area contributed by atoms with Crippen LogP contribution in [-0.2, 0) is 0 Å². The molecule has 0 aliphatic heterocycles. The molecule has 6 nitrogen and oxygen atoms in total. The van der Waals surface area contributed by atoms with E-state index in [4.69, 9.17) is 0 Å². The van der Waals surface area contributed by atoms with Gasteiger partial charge in [-0.2, -0.15) is 0 Å². The second-order valence-corrected chi connectivity index (χ2v) is 7.04. The Labute approximate surface area is 135 Å². The van der Waals surface area contributed by atoms with Crippen molar-refractivity contribution in [1.29, 1.82) is 0 Å². The minimum Gasteiger partial charge on any atom is -0.465 e. The van der Waals surface area contributed by atoms with Crippen LogP contribution in [0, 0.1) is 0 Å². The Balaban J connectivity index is 1.64. The molecule has 0 spiro atoms. The van der Waals surface area contributed by atoms with Gasteiger partial charge in [0.05, 0.1) is 5.52 Å². The number of carbonyl (C=O) groups is 1. The molecule has 2 aromatic rings. The summed E-state index contributed by atoms with van der Waals surface area (Å²) in [7, 11) is 0. The van der Waals surface area contributed by atoms with Crippen molar-refractivity contribution in [2.75, 3.05) is 5.32 Å². The monoisotopic (exact) mass is 314 g/mol. The maximum Gasteiger partial charge on any atom is 0.407 e. The number of carboxylic acid groups (broad SMARTS) is 1. The molecule has 1 aromatic carbocycles. The highest BCUT2D eigenvalue weighted by molar-refractivity contribution is 5.78. The van der Waals surface area contributed by atoms with Crippen molar-refractivity contribution in [2.24, 2.45) is 0 Å². The Hall–Kier alpha value is -2.37. The van der Waals surface area contributed by atoms with Gasteiger partial charge < -0.3 is 15.3 Å². The fourth-order valence-corrected chi connectivity index (χ4v) is 3.13. The molecule has 0 bridgehead atoms. The number of anilines is 1. The molecule has 1 heterocycles. The first-order valence-electron chi connectivity index (χ1n) is 7.85. The number of hydrogen-bond donors (Lipinski definition) is 2. The van der Waals surface area contributed by atoms with Crippen LogP contribution >= 0.6 is 0 Å². The van der Waals surface area contributed by atoms with E-state index in [9.17, 15) is 9.90 Å². The summed E-state index contributed by atoms with van der Waals surface area (Å²) in [5.41, 5.74) is 0.517. The summed E-state index contributed by atoms with van der Waals surface area (Å²) < 4.78 is 0. The van der Waals surface area contributed by atoms with E-state index >= 15 is 0 Å². The third-order valence-electron chi connectivity index (χ3n) is 4.23. The molecule has 1 saturated carbocycles. The number of benzene rings is 1. The molecule has 0 radical (unpaired) electrons. The second kappa shape index (κ2) is 5.68. The van der Waals surface area contributed by atoms with Gasteiger partial charge >= 0.3 is 6.09 Å². The maximum atomic E-state index is 11.5. The number of fused-ring (bicyclic) bond motifs is 1. The number of amides is 1. The van der Waals surface area contributed by atoms with Gasteiger partial charge in [-0.25, -0.2) is 14.8 Å². The van der Waals surface area contributed by atoms with Crippen LogP contribution in [0.4, 0.5) is 10.7 Å². The summed E-state index contributed by atoms with van der Waals surface area (Å²) in [4.78, 5) is 21.8. The molecule has 6 heteroatoms. The molecular weight excluding hydrogens is 292 g/mol. The van der Waals surface area contributed by atoms with Crippen LogP contribution in [0.3, 0.4) is 0 Å². The van der Waals surface area contributed by atoms with E-state index in [-0.39, 0.29) is 17.6 Å². The average Bonchev–Trinajstić information content (AvgIpc) is 2.43. The van der Waals surface area contributed by atoms with E-state index in [1.807, 2.05) is 45.0 Å². The topological polar surface area (TPSA) is 78.4 Å². The number of hydrogen-bond acceptors (Lipinski definition) is 4. The zero-order valence-electron chi connectivity index (χ0n) is 13.7. The van der Waals surface area contributed by atoms with Gasteiger partial charge in [-0.1, -0.05) is 18.2 Å². The summed E-state index contributed by atoms with van der Waals surface area (Å²) in [6.45, 7) is 5.77. The third-order valence-corrected chi connectivity index (χ3v) is 4.23. The van der Waals surface area contributed by atoms with Crippen molar-refractivity contribution in [2.45, 2.75) is 51.2 Å². The van der Waals surface area contributed by atoms with Gasteiger partial charge in [-0.15, -0.1) is 0 Å². The number of para-hydroxylation sites is 1. The Kier molecular flexibility index (Phi) is 3.83. The molecule has 3 rings (SSSR count). The Morgan fingerprint density at radius 2 is 2.00 bits per heavy atom. The van der Waals surface area contributed by atoms with E-state index in [2.05, 4.69) is 15.3 Å². The van der Waals surface area contributed by atoms with Crippen molar-refractivity contribution in [3.8, 4) is 0 Å². The number of rotatable bonds is 3. The lowest BCUT2D eigenvalue weighted by Gasteiger charge is -2.47. The number of nitrogens with one attached hydrogen (secondary N) is 1. The smallest absolute Gasteiger partial charge is 0.407 e. The fraction of sp³-hybridized carbons (Fsp3) is 0.471. The van der Waals surface area contributed by atoms with Gasteiger partial charge in [-0.05, 0) is 39.7 Å². The zero-order valence-corrected chi connectivity index (χ0v) is 13.7. The standard InChI is InChI=1S/C17H22N4O2/c1-17(2,3)21(16(22)23)13-8-12(9-13)19-15-18-10-11-6-4-5-7-14(11)20-15/h4-7,10,12-13H,8-9H2,1-3H3,(H,22,23)(H,18,19,20). The molecular formula is C17H22N4O2. The van der Waals surface area contributed by atoms with Crippen LogP contribution in [-0.4, -0.2) is 43.7 Å². The van der Waals surface area contributed by atoms with Crippen LogP contribution in [0.5, 0.6) is 0 Å². The first kappa shape index (κ1) is 15.5. The molecule has 0 saturated heterocycles. The van der Waals surface area contributed by atoms with Crippen molar-refractivity contribution in [3.63, 3.8) is 0 Å². The minimum absolute atomic E-state index is 0.0467. The van der Waals surface area contributed by atoms with Gasteiger partial charge in [-0.3, -0.25) is 0 Å². The highest BCUT2D eigenvalue weighted by Gasteiger charge is 2.41. The van der Waals surface area contributed by atoms with Gasteiger partial charge in [0, 0.05) is 29.2 Å². The van der Waals surface area contributed by atoms with E-state index in [1.54, 1.807) is 11.1 Å². The molecule has 1 amide bonds. The van der Waals surface area contributed by atoms with Crippen molar-refractivity contribution >= 4 is 22.9 Å². The first-order chi connectivity index (χ1) is 10.8. The molecule has 23 heavy (non-hydrogen) atoms. The summed E-state index contributed by atoms with van der Waals surface area (Å²) in [6.07, 6.45) is 2.50. The normalized spacial score (nSPS) is 20.8. The lowest BCUT2D eigenvalue weighted by molar-refractivity contribution is 0.0378. The molecule has 1 aliphatic carbocycles. The fourth-order valence-electron chi connectivity index (χ4n) is 3.13. The molecule has 2 N–H and O–H groups in total. The van der Waals surface area contributed by atoms with E-state index in [0.717, 1.165) is 23.7 Å². The number of nitrogens with zero attached hydrogens (tertiary/aromatic N) is 3. The summed E-state index contributed by atoms with van der Waals surface area (Å²) in [5, 5.41) is 13.7. The summed E-state index contributed by atoms with van der Waals surface area (Å²) in [5.74, 6) is 0.602. The third kappa shape index (κ3) is 3.21. The van der Waals surface area contributed by atoms with Gasteiger partial charge in [0.15, 0.2) is 0 Å². The highest BCUT2D eigenvalue weighted by atomic mass is 16.4. The van der Waals surface area contributed by atoms with Crippen molar-refractivity contribution < 1.29 is 9.90 Å². The van der Waals surface area contributed by atoms with Crippen molar-refractivity contribution in [1.82, 2.24) is 14.9 Å². The average molecular weight is 314 g/mol. The quantitative estimate of drug-likeness (QED) is 0.908. The van der Waals surface area contributed by atoms with Crippen LogP contribution in [0.1, 0.15) is 33.6 Å². The molecule has 1 aromatic heterocycles. The first-order valence-corrected chi connectivity index (χ1v) is 7.85. The van der Waals surface area contributed by atoms with Crippen LogP contribution in [0.2, 0.25) is 0 Å². The highest BCUT2D eigenvalue weighted by Crippen LogP contribution is 2.32. The lowest BCUT2D eigenvalue weighted by atomic mass is 9.83. The maximum absolute atomic E-state index is 11.5. The Morgan fingerprint density at radius 1 is 1.30 bits per heavy atom. The largest absolute Gasteiger partial charge is 0.465 e.